The van der Waals surface area contributed by atoms with E-state index >= 15 is 0 Å². The van der Waals surface area contributed by atoms with Gasteiger partial charge in [0.15, 0.2) is 0 Å². The van der Waals surface area contributed by atoms with Gasteiger partial charge in [-0.15, -0.1) is 0 Å². The molecule has 2 heterocycles. The Hall–Kier alpha value is -1.90. The maximum atomic E-state index is 4.33. The molecule has 1 aromatic heterocycles. The molecule has 0 bridgehead atoms. The first-order valence-corrected chi connectivity index (χ1v) is 8.21. The summed E-state index contributed by atoms with van der Waals surface area (Å²) in [5.74, 6) is 1.73. The molecule has 4 rings (SSSR count). The largest absolute Gasteiger partial charge is 0.370 e. The van der Waals surface area contributed by atoms with Crippen LogP contribution in [0.4, 0.5) is 5.69 Å². The minimum absolute atomic E-state index is 0.243. The lowest BCUT2D eigenvalue weighted by molar-refractivity contribution is 0.544. The number of fused-ring (bicyclic) bond motifs is 1. The number of benzene rings is 1. The molecule has 0 unspecified atom stereocenters. The topological polar surface area (TPSA) is 29.0 Å². The highest BCUT2D eigenvalue weighted by Crippen LogP contribution is 2.44. The summed E-state index contributed by atoms with van der Waals surface area (Å²) in [4.78, 5) is 11.2. The second-order valence-corrected chi connectivity index (χ2v) is 7.46. The van der Waals surface area contributed by atoms with Crippen LogP contribution in [0.25, 0.3) is 11.1 Å². The molecule has 1 aliphatic heterocycles. The van der Waals surface area contributed by atoms with Gasteiger partial charge in [0.25, 0.3) is 0 Å². The Morgan fingerprint density at radius 1 is 1.14 bits per heavy atom. The maximum Gasteiger partial charge on any atom is 0.125 e. The highest BCUT2D eigenvalue weighted by Gasteiger charge is 2.37. The lowest BCUT2D eigenvalue weighted by Crippen LogP contribution is -2.30. The van der Waals surface area contributed by atoms with Gasteiger partial charge in [-0.2, -0.15) is 0 Å². The summed E-state index contributed by atoms with van der Waals surface area (Å²) in [5, 5.41) is 0. The number of aryl methyl sites for hydroxylation is 1. The van der Waals surface area contributed by atoms with Crippen LogP contribution in [0.2, 0.25) is 0 Å². The predicted molar refractivity (Wildman–Crippen MR) is 90.2 cm³/mol. The molecule has 0 spiro atoms. The first-order valence-electron chi connectivity index (χ1n) is 8.21. The molecular formula is C19H23N3. The van der Waals surface area contributed by atoms with Gasteiger partial charge in [0.05, 0.1) is 0 Å². The van der Waals surface area contributed by atoms with E-state index in [2.05, 4.69) is 46.9 Å². The molecule has 114 valence electrons. The quantitative estimate of drug-likeness (QED) is 0.857. The van der Waals surface area contributed by atoms with E-state index in [0.717, 1.165) is 23.9 Å². The first kappa shape index (κ1) is 13.7. The molecule has 0 saturated heterocycles. The van der Waals surface area contributed by atoms with E-state index in [4.69, 9.17) is 0 Å². The van der Waals surface area contributed by atoms with Crippen LogP contribution in [0.5, 0.6) is 0 Å². The Bertz CT molecular complexity index is 699. The zero-order valence-electron chi connectivity index (χ0n) is 13.6. The number of aromatic nitrogens is 2. The maximum absolute atomic E-state index is 4.33. The summed E-state index contributed by atoms with van der Waals surface area (Å²) in [7, 11) is 0. The third-order valence-corrected chi connectivity index (χ3v) is 4.94. The molecular weight excluding hydrogens is 270 g/mol. The van der Waals surface area contributed by atoms with E-state index in [-0.39, 0.29) is 5.41 Å². The monoisotopic (exact) mass is 293 g/mol. The Morgan fingerprint density at radius 2 is 1.86 bits per heavy atom. The van der Waals surface area contributed by atoms with Crippen molar-refractivity contribution in [3.8, 4) is 11.1 Å². The van der Waals surface area contributed by atoms with Crippen molar-refractivity contribution in [2.24, 2.45) is 5.92 Å². The van der Waals surface area contributed by atoms with Crippen LogP contribution in [-0.2, 0) is 5.41 Å². The van der Waals surface area contributed by atoms with Crippen molar-refractivity contribution in [2.45, 2.75) is 39.0 Å². The van der Waals surface area contributed by atoms with E-state index in [1.807, 2.05) is 19.3 Å². The second kappa shape index (κ2) is 4.80. The van der Waals surface area contributed by atoms with E-state index < -0.39 is 0 Å². The molecule has 2 aromatic rings. The fourth-order valence-electron chi connectivity index (χ4n) is 3.51. The fourth-order valence-corrected chi connectivity index (χ4v) is 3.51. The average molecular weight is 293 g/mol. The van der Waals surface area contributed by atoms with Gasteiger partial charge >= 0.3 is 0 Å². The third-order valence-electron chi connectivity index (χ3n) is 4.94. The Morgan fingerprint density at radius 3 is 2.55 bits per heavy atom. The highest BCUT2D eigenvalue weighted by molar-refractivity contribution is 5.73. The molecule has 0 radical (unpaired) electrons. The van der Waals surface area contributed by atoms with Gasteiger partial charge in [-0.05, 0) is 42.9 Å². The smallest absolute Gasteiger partial charge is 0.125 e. The summed E-state index contributed by atoms with van der Waals surface area (Å²) in [5.41, 5.74) is 5.45. The zero-order valence-corrected chi connectivity index (χ0v) is 13.6. The van der Waals surface area contributed by atoms with Crippen molar-refractivity contribution in [2.75, 3.05) is 18.0 Å². The van der Waals surface area contributed by atoms with Crippen LogP contribution in [0.3, 0.4) is 0 Å². The van der Waals surface area contributed by atoms with Crippen LogP contribution >= 0.6 is 0 Å². The van der Waals surface area contributed by atoms with Gasteiger partial charge < -0.3 is 4.90 Å². The van der Waals surface area contributed by atoms with Crippen LogP contribution in [0.1, 0.15) is 38.1 Å². The van der Waals surface area contributed by atoms with Gasteiger partial charge in [0, 0.05) is 42.1 Å². The minimum atomic E-state index is 0.243. The summed E-state index contributed by atoms with van der Waals surface area (Å²) in [6, 6.07) is 6.85. The second-order valence-electron chi connectivity index (χ2n) is 7.46. The summed E-state index contributed by atoms with van der Waals surface area (Å²) in [6.45, 7) is 8.98. The fraction of sp³-hybridized carbons (Fsp3) is 0.474. The molecule has 1 fully saturated rings. The molecule has 0 amide bonds. The Balaban J connectivity index is 1.73. The number of hydrogen-bond acceptors (Lipinski definition) is 3. The number of anilines is 1. The molecule has 3 heteroatoms. The van der Waals surface area contributed by atoms with E-state index in [1.54, 1.807) is 0 Å². The van der Waals surface area contributed by atoms with Crippen molar-refractivity contribution in [1.82, 2.24) is 9.97 Å². The SMILES string of the molecule is Cc1ncc(-c2ccc3c(c2)N(CC2CC2)CC3(C)C)cn1. The van der Waals surface area contributed by atoms with Crippen molar-refractivity contribution in [3.05, 3.63) is 42.0 Å². The number of hydrogen-bond donors (Lipinski definition) is 0. The summed E-state index contributed by atoms with van der Waals surface area (Å²) < 4.78 is 0. The van der Waals surface area contributed by atoms with Gasteiger partial charge in [-0.25, -0.2) is 9.97 Å². The molecule has 1 aromatic carbocycles. The Labute approximate surface area is 132 Å². The molecule has 2 aliphatic rings. The average Bonchev–Trinajstić information content (AvgIpc) is 3.26. The van der Waals surface area contributed by atoms with Gasteiger partial charge in [-0.1, -0.05) is 26.0 Å². The highest BCUT2D eigenvalue weighted by atomic mass is 15.2. The number of rotatable bonds is 3. The molecule has 1 saturated carbocycles. The van der Waals surface area contributed by atoms with Crippen LogP contribution < -0.4 is 4.90 Å². The van der Waals surface area contributed by atoms with Gasteiger partial charge in [0.2, 0.25) is 0 Å². The van der Waals surface area contributed by atoms with E-state index in [0.29, 0.717) is 0 Å². The van der Waals surface area contributed by atoms with Crippen molar-refractivity contribution < 1.29 is 0 Å². The third kappa shape index (κ3) is 2.39. The molecule has 3 nitrogen and oxygen atoms in total. The van der Waals surface area contributed by atoms with Crippen LogP contribution in [-0.4, -0.2) is 23.1 Å². The minimum Gasteiger partial charge on any atom is -0.370 e. The molecule has 0 atom stereocenters. The molecule has 22 heavy (non-hydrogen) atoms. The normalized spacial score (nSPS) is 19.3. The number of nitrogens with zero attached hydrogens (tertiary/aromatic N) is 3. The first-order chi connectivity index (χ1) is 10.5. The Kier molecular flexibility index (Phi) is 3.00. The van der Waals surface area contributed by atoms with Crippen molar-refractivity contribution in [3.63, 3.8) is 0 Å². The van der Waals surface area contributed by atoms with Gasteiger partial charge in [0.1, 0.15) is 5.82 Å². The lowest BCUT2D eigenvalue weighted by Gasteiger charge is -2.22. The summed E-state index contributed by atoms with van der Waals surface area (Å²) >= 11 is 0. The molecule has 0 N–H and O–H groups in total. The van der Waals surface area contributed by atoms with Crippen LogP contribution in [0.15, 0.2) is 30.6 Å². The molecule has 1 aliphatic carbocycles. The van der Waals surface area contributed by atoms with Crippen LogP contribution in [0, 0.1) is 12.8 Å². The standard InChI is InChI=1S/C19H23N3/c1-13-20-9-16(10-21-13)15-6-7-17-18(8-15)22(11-14-4-5-14)12-19(17,2)3/h6-10,14H,4-5,11-12H2,1-3H3. The van der Waals surface area contributed by atoms with Crippen molar-refractivity contribution in [1.29, 1.82) is 0 Å². The predicted octanol–water partition coefficient (Wildman–Crippen LogP) is 3.96. The van der Waals surface area contributed by atoms with E-state index in [9.17, 15) is 0 Å². The van der Waals surface area contributed by atoms with Gasteiger partial charge in [-0.3, -0.25) is 0 Å². The summed E-state index contributed by atoms with van der Waals surface area (Å²) in [6.07, 6.45) is 6.65. The lowest BCUT2D eigenvalue weighted by atomic mass is 9.86. The van der Waals surface area contributed by atoms with E-state index in [1.165, 1.54) is 36.2 Å². The van der Waals surface area contributed by atoms with Crippen molar-refractivity contribution >= 4 is 5.69 Å². The zero-order chi connectivity index (χ0) is 15.3.